The quantitative estimate of drug-likeness (QED) is 0.0925. The van der Waals surface area contributed by atoms with Crippen LogP contribution in [0.15, 0.2) is 107 Å². The molecule has 1 saturated heterocycles. The van der Waals surface area contributed by atoms with Gasteiger partial charge in [0.15, 0.2) is 17.1 Å². The first kappa shape index (κ1) is 42.7. The molecule has 65 heavy (non-hydrogen) atoms. The van der Waals surface area contributed by atoms with Crippen molar-refractivity contribution in [3.05, 3.63) is 142 Å². The predicted octanol–water partition coefficient (Wildman–Crippen LogP) is 5.98. The lowest BCUT2D eigenvalue weighted by Crippen LogP contribution is -2.70. The molecule has 1 saturated carbocycles. The third-order valence-corrected chi connectivity index (χ3v) is 13.4. The molecule has 0 spiro atoms. The molecule has 334 valence electrons. The van der Waals surface area contributed by atoms with Gasteiger partial charge in [0.1, 0.15) is 53.0 Å². The molecule has 10 rings (SSSR count). The number of amides is 1. The highest BCUT2D eigenvalue weighted by atomic mass is 16.7. The van der Waals surface area contributed by atoms with Gasteiger partial charge < -0.3 is 54.1 Å². The van der Waals surface area contributed by atoms with E-state index in [9.17, 15) is 35.1 Å². The minimum Gasteiger partial charge on any atom is -0.508 e. The van der Waals surface area contributed by atoms with Crippen LogP contribution in [0, 0.1) is 6.42 Å². The molecule has 1 amide bonds. The topological polar surface area (TPSA) is 197 Å². The van der Waals surface area contributed by atoms with Crippen LogP contribution in [0.2, 0.25) is 0 Å². The Balaban J connectivity index is 1.14. The standard InChI is InChI=1S/C51H48N2O12/c1-61-41-21-31-20-36(29-10-2-3-11-29)44(39(56)24-53-23-30-12-4-5-14-33(30)49(53)59)46(58)43(31)47-35(41)17-18-40(37-22-52-38-16-7-6-15-34(37)38)62-26-42-45(57)48(51(60,27-54)50(64-42)65-47)63-25-28-9-8-13-32(55)19-28/h4-9,12-22,29,40,42,45,48,50,54,57,60H,2-3,10-11,23-27H2,1H3,(H-,55,56,58)/p+1/b18-17-/t40-,42-,45-,48+,50-,51-/m1/s1. The number of hydrogen-bond donors (Lipinski definition) is 5. The van der Waals surface area contributed by atoms with Crippen LogP contribution in [0.5, 0.6) is 23.0 Å². The number of nitrogens with zero attached hydrogens (tertiary/aromatic N) is 2. The Bertz CT molecular complexity index is 2730. The number of allylic oxidation sites excluding steroid dienone is 4. The number of phenols is 2. The summed E-state index contributed by atoms with van der Waals surface area (Å²) in [6.45, 7) is -1.50. The Morgan fingerprint density at radius 3 is 2.69 bits per heavy atom. The maximum absolute atomic E-state index is 14.8. The van der Waals surface area contributed by atoms with Crippen LogP contribution < -0.4 is 9.47 Å². The summed E-state index contributed by atoms with van der Waals surface area (Å²) in [7, 11) is 1.49. The maximum atomic E-state index is 14.8. The Labute approximate surface area is 375 Å². The molecule has 2 bridgehead atoms. The molecule has 14 heteroatoms. The Morgan fingerprint density at radius 2 is 1.91 bits per heavy atom. The summed E-state index contributed by atoms with van der Waals surface area (Å²) in [4.78, 5) is 34.4. The number of phenolic OH excluding ortho intramolecular Hbond substituents is 2. The lowest BCUT2D eigenvalue weighted by molar-refractivity contribution is -0.337. The number of aromatic hydroxyl groups is 2. The van der Waals surface area contributed by atoms with Gasteiger partial charge in [-0.05, 0) is 83.3 Å². The van der Waals surface area contributed by atoms with E-state index >= 15 is 0 Å². The number of carbonyl (C=O) groups excluding carboxylic acids is 2. The van der Waals surface area contributed by atoms with Gasteiger partial charge in [-0.3, -0.25) is 9.59 Å². The summed E-state index contributed by atoms with van der Waals surface area (Å²) in [5, 5.41) is 59.0. The van der Waals surface area contributed by atoms with Crippen molar-refractivity contribution in [2.75, 3.05) is 26.9 Å². The largest absolute Gasteiger partial charge is 0.508 e. The zero-order valence-electron chi connectivity index (χ0n) is 35.6. The van der Waals surface area contributed by atoms with Gasteiger partial charge in [-0.25, -0.2) is 0 Å². The van der Waals surface area contributed by atoms with E-state index in [-0.39, 0.29) is 66.1 Å². The highest BCUT2D eigenvalue weighted by Gasteiger charge is 2.58. The van der Waals surface area contributed by atoms with E-state index in [1.165, 1.54) is 24.1 Å². The van der Waals surface area contributed by atoms with Crippen molar-refractivity contribution in [3.8, 4) is 23.0 Å². The molecule has 5 N–H and O–H groups in total. The third-order valence-electron chi connectivity index (χ3n) is 13.4. The van der Waals surface area contributed by atoms with Crippen molar-refractivity contribution < 1.29 is 58.8 Å². The Hall–Kier alpha value is -6.26. The number of aliphatic hydroxyl groups is 3. The molecule has 2 aliphatic carbocycles. The zero-order chi connectivity index (χ0) is 45.0. The van der Waals surface area contributed by atoms with Gasteiger partial charge in [-0.2, -0.15) is 4.99 Å². The average molecular weight is 882 g/mol. The van der Waals surface area contributed by atoms with E-state index in [0.29, 0.717) is 33.4 Å². The molecule has 0 unspecified atom stereocenters. The van der Waals surface area contributed by atoms with E-state index in [0.717, 1.165) is 42.5 Å². The Kier molecular flexibility index (Phi) is 11.3. The second-order valence-corrected chi connectivity index (χ2v) is 17.3. The molecule has 4 aliphatic heterocycles. The molecule has 4 heterocycles. The molecule has 2 fully saturated rings. The first-order valence-electron chi connectivity index (χ1n) is 21.9. The molecule has 0 radical (unpaired) electrons. The van der Waals surface area contributed by atoms with Crippen LogP contribution in [0.25, 0.3) is 16.8 Å². The second-order valence-electron chi connectivity index (χ2n) is 17.3. The first-order valence-corrected chi connectivity index (χ1v) is 21.9. The van der Waals surface area contributed by atoms with Crippen molar-refractivity contribution in [3.63, 3.8) is 0 Å². The zero-order valence-corrected chi connectivity index (χ0v) is 35.6. The second kappa shape index (κ2) is 17.3. The fraction of sp³-hybridized carbons (Fsp3) is 0.333. The van der Waals surface area contributed by atoms with E-state index < -0.39 is 54.4 Å². The average Bonchev–Trinajstić information content (AvgIpc) is 4.07. The number of ether oxygens (including phenoxy) is 5. The van der Waals surface area contributed by atoms with Crippen LogP contribution >= 0.6 is 0 Å². The van der Waals surface area contributed by atoms with Crippen molar-refractivity contribution in [2.45, 2.75) is 81.1 Å². The number of benzene rings is 4. The number of methoxy groups -OCH3 is 1. The highest BCUT2D eigenvalue weighted by molar-refractivity contribution is 6.11. The molecular formula is C51H49N2O12+. The molecule has 4 aromatic rings. The van der Waals surface area contributed by atoms with Gasteiger partial charge in [-0.1, -0.05) is 43.2 Å². The molecule has 4 aromatic carbocycles. The molecule has 0 aromatic heterocycles. The minimum atomic E-state index is -2.45. The number of hydrogen-bond acceptors (Lipinski definition) is 13. The van der Waals surface area contributed by atoms with Crippen LogP contribution in [-0.2, 0) is 27.4 Å². The van der Waals surface area contributed by atoms with Crippen molar-refractivity contribution >= 4 is 34.8 Å². The monoisotopic (exact) mass is 881 g/mol. The lowest BCUT2D eigenvalue weighted by atomic mass is 9.86. The number of carbonyl (C=O) groups is 2. The molecular weight excluding hydrogens is 833 g/mol. The number of ketones is 1. The fourth-order valence-electron chi connectivity index (χ4n) is 10.0. The van der Waals surface area contributed by atoms with Gasteiger partial charge in [-0.15, -0.1) is 0 Å². The number of aliphatic hydroxyl groups excluding tert-OH is 2. The van der Waals surface area contributed by atoms with E-state index in [2.05, 4.69) is 4.99 Å². The third kappa shape index (κ3) is 7.59. The summed E-state index contributed by atoms with van der Waals surface area (Å²) in [5.74, 6) is -0.955. The van der Waals surface area contributed by atoms with Gasteiger partial charge in [0.25, 0.3) is 5.91 Å². The van der Waals surface area contributed by atoms with Gasteiger partial charge in [0, 0.05) is 36.8 Å². The smallest absolute Gasteiger partial charge is 0.254 e. The molecule has 6 aliphatic rings. The first-order chi connectivity index (χ1) is 31.6. The SMILES string of the molecule is COc1cc2cc(C3CCCC3)c(C(=O)CN3Cc4ccccc4C3=O)c(O)c2c2c1/C=C\[C@H](C1=C3[CH+]C=CC=C3N=C1)OC[C@H]1O[C@H](O2)[C@@](O)(CO)[C@@H](OCc2cccc(O)c2)[C@@H]1O. The van der Waals surface area contributed by atoms with Crippen molar-refractivity contribution in [1.29, 1.82) is 0 Å². The number of rotatable bonds is 10. The number of fused-ring (bicyclic) bond motifs is 7. The van der Waals surface area contributed by atoms with Crippen LogP contribution in [0.3, 0.4) is 0 Å². The van der Waals surface area contributed by atoms with Crippen molar-refractivity contribution in [1.82, 2.24) is 4.90 Å². The van der Waals surface area contributed by atoms with Gasteiger partial charge in [0.2, 0.25) is 6.29 Å². The fourth-order valence-corrected chi connectivity index (χ4v) is 10.0. The van der Waals surface area contributed by atoms with Gasteiger partial charge >= 0.3 is 0 Å². The normalized spacial score (nSPS) is 26.5. The highest BCUT2D eigenvalue weighted by Crippen LogP contribution is 2.50. The predicted molar refractivity (Wildman–Crippen MR) is 239 cm³/mol. The molecule has 6 atom stereocenters. The lowest BCUT2D eigenvalue weighted by Gasteiger charge is -2.48. The number of aliphatic imine (C=N–C) groups is 1. The van der Waals surface area contributed by atoms with Crippen LogP contribution in [0.1, 0.15) is 74.6 Å². The number of Topliss-reactive ketones (excluding diaryl/α,β-unsaturated/α-hetero) is 1. The Morgan fingerprint density at radius 1 is 1.08 bits per heavy atom. The van der Waals surface area contributed by atoms with Crippen LogP contribution in [-0.4, -0.2) is 112 Å². The summed E-state index contributed by atoms with van der Waals surface area (Å²) in [5.41, 5.74) is 2.65. The van der Waals surface area contributed by atoms with Crippen LogP contribution in [0.4, 0.5) is 0 Å². The van der Waals surface area contributed by atoms with Gasteiger partial charge in [0.05, 0.1) is 61.8 Å². The van der Waals surface area contributed by atoms with Crippen molar-refractivity contribution in [2.24, 2.45) is 4.99 Å². The summed E-state index contributed by atoms with van der Waals surface area (Å²) in [6, 6.07) is 17.1. The molecule has 14 nitrogen and oxygen atoms in total. The maximum Gasteiger partial charge on any atom is 0.254 e. The van der Waals surface area contributed by atoms with E-state index in [4.69, 9.17) is 23.7 Å². The summed E-state index contributed by atoms with van der Waals surface area (Å²) in [6.07, 6.45) is 9.28. The summed E-state index contributed by atoms with van der Waals surface area (Å²) < 4.78 is 32.0. The van der Waals surface area contributed by atoms with E-state index in [1.54, 1.807) is 48.7 Å². The minimum absolute atomic E-state index is 0.0155. The van der Waals surface area contributed by atoms with E-state index in [1.807, 2.05) is 42.8 Å². The summed E-state index contributed by atoms with van der Waals surface area (Å²) >= 11 is 0.